The lowest BCUT2D eigenvalue weighted by Crippen LogP contribution is -2.33. The fourth-order valence-corrected chi connectivity index (χ4v) is 4.21. The molecule has 12 nitrogen and oxygen atoms in total. The minimum Gasteiger partial charge on any atom is -0.394 e. The number of amides is 1. The van der Waals surface area contributed by atoms with Crippen molar-refractivity contribution in [2.75, 3.05) is 22.6 Å². The maximum Gasteiger partial charge on any atom is 0.276 e. The van der Waals surface area contributed by atoms with Crippen LogP contribution < -0.4 is 21.7 Å². The molecule has 36 heavy (non-hydrogen) atoms. The number of pyridine rings is 1. The zero-order chi connectivity index (χ0) is 25.1. The van der Waals surface area contributed by atoms with Crippen LogP contribution in [0.2, 0.25) is 0 Å². The molecule has 1 amide bonds. The lowest BCUT2D eigenvalue weighted by molar-refractivity contribution is 0.102. The van der Waals surface area contributed by atoms with Gasteiger partial charge in [0.1, 0.15) is 5.82 Å². The summed E-state index contributed by atoms with van der Waals surface area (Å²) in [7, 11) is 0. The van der Waals surface area contributed by atoms with Crippen LogP contribution in [0.5, 0.6) is 0 Å². The molecule has 1 fully saturated rings. The molecule has 4 aromatic rings. The third-order valence-electron chi connectivity index (χ3n) is 6.08. The lowest BCUT2D eigenvalue weighted by Gasteiger charge is -2.27. The quantitative estimate of drug-likeness (QED) is 0.247. The van der Waals surface area contributed by atoms with Crippen molar-refractivity contribution < 1.29 is 14.3 Å². The summed E-state index contributed by atoms with van der Waals surface area (Å²) in [5.74, 6) is -0.133. The number of carbonyl (C=O) groups is 1. The van der Waals surface area contributed by atoms with Crippen LogP contribution in [0.4, 0.5) is 27.4 Å². The molecule has 1 aliphatic rings. The van der Waals surface area contributed by atoms with Gasteiger partial charge in [-0.15, -0.1) is 5.10 Å². The van der Waals surface area contributed by atoms with E-state index in [0.29, 0.717) is 29.5 Å². The standard InChI is InChI=1S/C23H27FN10O2/c24-16-12-26-7-5-17(16)30-23(36)19-13-27-22-18(29-20-6-8-33(31-20)9-10-35)11-21(32-34(19)22)28-15-3-1-14(25)2-4-15/h5-8,11-15,35H,1-4,9-10,25H2,(H,28,32)(H,29,31)(H,26,30,36). The van der Waals surface area contributed by atoms with Gasteiger partial charge in [0.05, 0.1) is 36.9 Å². The molecule has 0 radical (unpaired) electrons. The number of rotatable bonds is 8. The van der Waals surface area contributed by atoms with Crippen molar-refractivity contribution in [3.8, 4) is 0 Å². The normalized spacial score (nSPS) is 17.8. The van der Waals surface area contributed by atoms with Gasteiger partial charge in [-0.25, -0.2) is 13.9 Å². The number of imidazole rings is 1. The van der Waals surface area contributed by atoms with Crippen LogP contribution >= 0.6 is 0 Å². The molecule has 13 heteroatoms. The molecule has 0 aliphatic heterocycles. The number of hydrogen-bond donors (Lipinski definition) is 5. The number of nitrogens with two attached hydrogens (primary N) is 1. The first-order valence-electron chi connectivity index (χ1n) is 11.7. The van der Waals surface area contributed by atoms with Crippen molar-refractivity contribution in [3.05, 3.63) is 54.5 Å². The van der Waals surface area contributed by atoms with Crippen LogP contribution in [0.15, 0.2) is 43.0 Å². The van der Waals surface area contributed by atoms with Crippen molar-refractivity contribution in [2.45, 2.75) is 44.3 Å². The SMILES string of the molecule is NC1CCC(Nc2cc(Nc3ccn(CCO)n3)c3ncc(C(=O)Nc4ccncc4F)n3n2)CC1. The highest BCUT2D eigenvalue weighted by molar-refractivity contribution is 6.03. The highest BCUT2D eigenvalue weighted by Crippen LogP contribution is 2.27. The molecule has 5 rings (SSSR count). The van der Waals surface area contributed by atoms with Crippen molar-refractivity contribution >= 4 is 34.6 Å². The average Bonchev–Trinajstić information content (AvgIpc) is 3.49. The zero-order valence-corrected chi connectivity index (χ0v) is 19.4. The van der Waals surface area contributed by atoms with E-state index >= 15 is 0 Å². The summed E-state index contributed by atoms with van der Waals surface area (Å²) in [5.41, 5.74) is 7.14. The van der Waals surface area contributed by atoms with Crippen molar-refractivity contribution in [2.24, 2.45) is 5.73 Å². The van der Waals surface area contributed by atoms with E-state index in [9.17, 15) is 9.18 Å². The van der Waals surface area contributed by atoms with E-state index in [-0.39, 0.29) is 30.1 Å². The van der Waals surface area contributed by atoms with Gasteiger partial charge in [-0.05, 0) is 31.7 Å². The summed E-state index contributed by atoms with van der Waals surface area (Å²) in [6.07, 6.45) is 9.21. The number of aliphatic hydroxyl groups excluding tert-OH is 1. The Bertz CT molecular complexity index is 1360. The molecule has 188 valence electrons. The minimum atomic E-state index is -0.647. The van der Waals surface area contributed by atoms with E-state index in [4.69, 9.17) is 10.8 Å². The molecule has 1 saturated carbocycles. The highest BCUT2D eigenvalue weighted by atomic mass is 19.1. The number of hydrogen-bond acceptors (Lipinski definition) is 9. The molecule has 4 heterocycles. The van der Waals surface area contributed by atoms with Gasteiger partial charge in [-0.3, -0.25) is 14.5 Å². The molecular formula is C23H27FN10O2. The van der Waals surface area contributed by atoms with Gasteiger partial charge in [0, 0.05) is 36.6 Å². The first kappa shape index (κ1) is 23.6. The molecule has 0 spiro atoms. The predicted molar refractivity (Wildman–Crippen MR) is 132 cm³/mol. The third-order valence-corrected chi connectivity index (χ3v) is 6.08. The van der Waals surface area contributed by atoms with Gasteiger partial charge >= 0.3 is 0 Å². The van der Waals surface area contributed by atoms with Crippen molar-refractivity contribution in [1.29, 1.82) is 0 Å². The number of aromatic nitrogens is 6. The van der Waals surface area contributed by atoms with E-state index in [1.165, 1.54) is 23.0 Å². The summed E-state index contributed by atoms with van der Waals surface area (Å²) in [4.78, 5) is 21.1. The molecule has 0 atom stereocenters. The second-order valence-electron chi connectivity index (χ2n) is 8.70. The van der Waals surface area contributed by atoms with E-state index in [0.717, 1.165) is 31.9 Å². The monoisotopic (exact) mass is 494 g/mol. The Kier molecular flexibility index (Phi) is 6.73. The van der Waals surface area contributed by atoms with Gasteiger partial charge in [0.15, 0.2) is 23.0 Å². The van der Waals surface area contributed by atoms with Gasteiger partial charge in [-0.2, -0.15) is 5.10 Å². The first-order chi connectivity index (χ1) is 17.5. The van der Waals surface area contributed by atoms with Crippen LogP contribution in [0.1, 0.15) is 36.2 Å². The van der Waals surface area contributed by atoms with Gasteiger partial charge in [0.2, 0.25) is 0 Å². The van der Waals surface area contributed by atoms with E-state index < -0.39 is 11.7 Å². The largest absolute Gasteiger partial charge is 0.394 e. The fourth-order valence-electron chi connectivity index (χ4n) is 4.21. The highest BCUT2D eigenvalue weighted by Gasteiger charge is 2.22. The van der Waals surface area contributed by atoms with Crippen LogP contribution in [-0.4, -0.2) is 59.1 Å². The molecular weight excluding hydrogens is 467 g/mol. The molecule has 1 aliphatic carbocycles. The summed E-state index contributed by atoms with van der Waals surface area (Å²) >= 11 is 0. The Morgan fingerprint density at radius 2 is 1.97 bits per heavy atom. The Morgan fingerprint density at radius 1 is 1.14 bits per heavy atom. The topological polar surface area (TPSA) is 160 Å². The van der Waals surface area contributed by atoms with Crippen molar-refractivity contribution in [3.63, 3.8) is 0 Å². The van der Waals surface area contributed by atoms with E-state index in [2.05, 4.69) is 36.1 Å². The first-order valence-corrected chi connectivity index (χ1v) is 11.7. The summed E-state index contributed by atoms with van der Waals surface area (Å²) in [5, 5.41) is 27.4. The maximum atomic E-state index is 14.1. The Morgan fingerprint density at radius 3 is 2.75 bits per heavy atom. The second-order valence-corrected chi connectivity index (χ2v) is 8.70. The summed E-state index contributed by atoms with van der Waals surface area (Å²) < 4.78 is 17.1. The smallest absolute Gasteiger partial charge is 0.276 e. The molecule has 4 aromatic heterocycles. The number of nitrogens with zero attached hydrogens (tertiary/aromatic N) is 6. The Balaban J connectivity index is 1.48. The second kappa shape index (κ2) is 10.3. The fraction of sp³-hybridized carbons (Fsp3) is 0.348. The Labute approximate surface area is 205 Å². The number of nitrogens with one attached hydrogen (secondary N) is 3. The number of halogens is 1. The van der Waals surface area contributed by atoms with Gasteiger partial charge < -0.3 is 26.8 Å². The Hall–Kier alpha value is -4.10. The van der Waals surface area contributed by atoms with E-state index in [1.54, 1.807) is 16.9 Å². The molecule has 0 bridgehead atoms. The minimum absolute atomic E-state index is 0.00513. The van der Waals surface area contributed by atoms with Crippen LogP contribution in [0.25, 0.3) is 5.65 Å². The number of fused-ring (bicyclic) bond motifs is 1. The number of anilines is 4. The predicted octanol–water partition coefficient (Wildman–Crippen LogP) is 2.13. The van der Waals surface area contributed by atoms with Gasteiger partial charge in [0.25, 0.3) is 5.91 Å². The third kappa shape index (κ3) is 5.11. The van der Waals surface area contributed by atoms with Crippen LogP contribution in [-0.2, 0) is 6.54 Å². The molecule has 6 N–H and O–H groups in total. The lowest BCUT2D eigenvalue weighted by atomic mass is 9.92. The van der Waals surface area contributed by atoms with Crippen LogP contribution in [0.3, 0.4) is 0 Å². The molecule has 0 unspecified atom stereocenters. The van der Waals surface area contributed by atoms with Crippen molar-refractivity contribution in [1.82, 2.24) is 29.4 Å². The molecule has 0 aromatic carbocycles. The van der Waals surface area contributed by atoms with E-state index in [1.807, 2.05) is 6.07 Å². The number of aliphatic hydroxyl groups is 1. The van der Waals surface area contributed by atoms with Crippen LogP contribution in [0, 0.1) is 5.82 Å². The maximum absolute atomic E-state index is 14.1. The van der Waals surface area contributed by atoms with Gasteiger partial charge in [-0.1, -0.05) is 0 Å². The molecule has 0 saturated heterocycles. The summed E-state index contributed by atoms with van der Waals surface area (Å²) in [6.45, 7) is 0.333. The number of carbonyl (C=O) groups excluding carboxylic acids is 1. The average molecular weight is 495 g/mol. The summed E-state index contributed by atoms with van der Waals surface area (Å²) in [6, 6.07) is 5.36. The zero-order valence-electron chi connectivity index (χ0n) is 19.4.